The van der Waals surface area contributed by atoms with Crippen LogP contribution in [0.2, 0.25) is 0 Å². The van der Waals surface area contributed by atoms with Gasteiger partial charge in [-0.05, 0) is 66.4 Å². The Kier molecular flexibility index (Phi) is 4.67. The summed E-state index contributed by atoms with van der Waals surface area (Å²) in [6, 6.07) is 4.02. The molecule has 0 amide bonds. The molecule has 0 spiro atoms. The number of ether oxygens (including phenoxy) is 2. The van der Waals surface area contributed by atoms with Gasteiger partial charge in [0.05, 0.1) is 17.8 Å². The molecule has 2 aliphatic heterocycles. The molecule has 5 nitrogen and oxygen atoms in total. The Balaban J connectivity index is 1.95. The summed E-state index contributed by atoms with van der Waals surface area (Å²) in [5.74, 6) is 0.909. The standard InChI is InChI=1S/C19H30BNO4/c1-17(2,3)23-16-11-14(10-15(21-16)13-8-9-22-12-13)20-24-18(4,5)19(6,7)25-20/h10-11,13H,8-9,12H2,1-7H3. The van der Waals surface area contributed by atoms with E-state index in [0.29, 0.717) is 18.4 Å². The number of hydrogen-bond donors (Lipinski definition) is 0. The van der Waals surface area contributed by atoms with Gasteiger partial charge >= 0.3 is 7.12 Å². The molecule has 1 aromatic heterocycles. The number of nitrogens with zero attached hydrogens (tertiary/aromatic N) is 1. The zero-order valence-corrected chi connectivity index (χ0v) is 16.5. The molecule has 0 N–H and O–H groups in total. The van der Waals surface area contributed by atoms with Crippen LogP contribution in [0.4, 0.5) is 0 Å². The predicted molar refractivity (Wildman–Crippen MR) is 98.5 cm³/mol. The summed E-state index contributed by atoms with van der Waals surface area (Å²) in [5, 5.41) is 0. The minimum atomic E-state index is -0.420. The molecule has 0 bridgehead atoms. The van der Waals surface area contributed by atoms with Crippen molar-refractivity contribution in [1.29, 1.82) is 0 Å². The van der Waals surface area contributed by atoms with Crippen LogP contribution in [-0.2, 0) is 14.0 Å². The van der Waals surface area contributed by atoms with E-state index >= 15 is 0 Å². The minimum absolute atomic E-state index is 0.296. The van der Waals surface area contributed by atoms with Gasteiger partial charge in [-0.2, -0.15) is 0 Å². The zero-order valence-electron chi connectivity index (χ0n) is 16.5. The monoisotopic (exact) mass is 347 g/mol. The normalized spacial score (nSPS) is 25.4. The SMILES string of the molecule is CC(C)(C)Oc1cc(B2OC(C)(C)C(C)(C)O2)cc(C2CCOC2)n1. The smallest absolute Gasteiger partial charge is 0.472 e. The van der Waals surface area contributed by atoms with Crippen LogP contribution in [0.1, 0.15) is 66.5 Å². The van der Waals surface area contributed by atoms with Gasteiger partial charge in [0, 0.05) is 24.3 Å². The molecule has 0 aromatic carbocycles. The molecule has 25 heavy (non-hydrogen) atoms. The summed E-state index contributed by atoms with van der Waals surface area (Å²) in [7, 11) is -0.420. The molecular weight excluding hydrogens is 317 g/mol. The summed E-state index contributed by atoms with van der Waals surface area (Å²) < 4.78 is 24.0. The lowest BCUT2D eigenvalue weighted by Crippen LogP contribution is -2.41. The van der Waals surface area contributed by atoms with Crippen LogP contribution in [0.5, 0.6) is 5.88 Å². The molecule has 2 aliphatic rings. The molecule has 0 saturated carbocycles. The van der Waals surface area contributed by atoms with Crippen LogP contribution in [0.15, 0.2) is 12.1 Å². The van der Waals surface area contributed by atoms with Crippen molar-refractivity contribution in [2.45, 2.75) is 77.6 Å². The predicted octanol–water partition coefficient (Wildman–Crippen LogP) is 3.06. The van der Waals surface area contributed by atoms with E-state index in [9.17, 15) is 0 Å². The zero-order chi connectivity index (χ0) is 18.5. The molecule has 0 radical (unpaired) electrons. The van der Waals surface area contributed by atoms with E-state index in [1.54, 1.807) is 0 Å². The van der Waals surface area contributed by atoms with Crippen LogP contribution in [0, 0.1) is 0 Å². The largest absolute Gasteiger partial charge is 0.495 e. The first-order valence-corrected chi connectivity index (χ1v) is 9.11. The van der Waals surface area contributed by atoms with Gasteiger partial charge in [0.25, 0.3) is 0 Å². The van der Waals surface area contributed by atoms with Crippen LogP contribution >= 0.6 is 0 Å². The molecule has 3 rings (SSSR count). The highest BCUT2D eigenvalue weighted by molar-refractivity contribution is 6.62. The average molecular weight is 347 g/mol. The fourth-order valence-corrected chi connectivity index (χ4v) is 3.00. The Bertz CT molecular complexity index is 617. The van der Waals surface area contributed by atoms with Crippen molar-refractivity contribution in [3.63, 3.8) is 0 Å². The summed E-state index contributed by atoms with van der Waals surface area (Å²) in [6.45, 7) is 15.8. The van der Waals surface area contributed by atoms with Crippen molar-refractivity contribution >= 4 is 12.6 Å². The summed E-state index contributed by atoms with van der Waals surface area (Å²) >= 11 is 0. The quantitative estimate of drug-likeness (QED) is 0.787. The third-order valence-corrected chi connectivity index (χ3v) is 5.13. The summed E-state index contributed by atoms with van der Waals surface area (Å²) in [4.78, 5) is 4.73. The molecule has 6 heteroatoms. The van der Waals surface area contributed by atoms with E-state index in [-0.39, 0.29) is 16.8 Å². The second-order valence-corrected chi connectivity index (χ2v) is 9.03. The lowest BCUT2D eigenvalue weighted by atomic mass is 9.78. The highest BCUT2D eigenvalue weighted by Crippen LogP contribution is 2.37. The molecule has 2 fully saturated rings. The first kappa shape index (κ1) is 18.7. The van der Waals surface area contributed by atoms with Crippen molar-refractivity contribution < 1.29 is 18.8 Å². The van der Waals surface area contributed by atoms with Crippen LogP contribution in [0.3, 0.4) is 0 Å². The van der Waals surface area contributed by atoms with Crippen molar-refractivity contribution in [1.82, 2.24) is 4.98 Å². The Morgan fingerprint density at radius 1 is 1.12 bits per heavy atom. The fourth-order valence-electron chi connectivity index (χ4n) is 3.00. The first-order valence-electron chi connectivity index (χ1n) is 9.11. The third kappa shape index (κ3) is 4.02. The van der Waals surface area contributed by atoms with E-state index < -0.39 is 7.12 Å². The molecule has 138 valence electrons. The van der Waals surface area contributed by atoms with Gasteiger partial charge in [-0.15, -0.1) is 0 Å². The second-order valence-electron chi connectivity index (χ2n) is 9.03. The van der Waals surface area contributed by atoms with Gasteiger partial charge in [0.15, 0.2) is 0 Å². The molecule has 3 heterocycles. The molecular formula is C19H30BNO4. The second kappa shape index (κ2) is 6.25. The summed E-state index contributed by atoms with van der Waals surface area (Å²) in [5.41, 5.74) is 0.884. The van der Waals surface area contributed by atoms with Gasteiger partial charge in [0.1, 0.15) is 5.60 Å². The number of rotatable bonds is 3. The minimum Gasteiger partial charge on any atom is -0.472 e. The molecule has 1 aromatic rings. The van der Waals surface area contributed by atoms with E-state index in [1.807, 2.05) is 26.8 Å². The van der Waals surface area contributed by atoms with Crippen molar-refractivity contribution in [3.8, 4) is 5.88 Å². The maximum absolute atomic E-state index is 6.22. The van der Waals surface area contributed by atoms with Crippen LogP contribution < -0.4 is 10.2 Å². The number of hydrogen-bond acceptors (Lipinski definition) is 5. The third-order valence-electron chi connectivity index (χ3n) is 5.13. The van der Waals surface area contributed by atoms with Gasteiger partial charge in [-0.3, -0.25) is 0 Å². The Morgan fingerprint density at radius 2 is 1.76 bits per heavy atom. The lowest BCUT2D eigenvalue weighted by Gasteiger charge is -2.32. The van der Waals surface area contributed by atoms with Crippen molar-refractivity contribution in [3.05, 3.63) is 17.8 Å². The van der Waals surface area contributed by atoms with Gasteiger partial charge in [-0.1, -0.05) is 0 Å². The van der Waals surface area contributed by atoms with Crippen LogP contribution in [0.25, 0.3) is 0 Å². The first-order chi connectivity index (χ1) is 11.5. The Hall–Kier alpha value is -1.11. The highest BCUT2D eigenvalue weighted by Gasteiger charge is 2.52. The average Bonchev–Trinajstić information content (AvgIpc) is 3.04. The van der Waals surface area contributed by atoms with E-state index in [4.69, 9.17) is 23.8 Å². The van der Waals surface area contributed by atoms with Crippen molar-refractivity contribution in [2.24, 2.45) is 0 Å². The number of aromatic nitrogens is 1. The fraction of sp³-hybridized carbons (Fsp3) is 0.737. The molecule has 0 aliphatic carbocycles. The maximum Gasteiger partial charge on any atom is 0.495 e. The van der Waals surface area contributed by atoms with Crippen LogP contribution in [-0.4, -0.2) is 42.1 Å². The number of pyridine rings is 1. The summed E-state index contributed by atoms with van der Waals surface area (Å²) in [6.07, 6.45) is 0.981. The van der Waals surface area contributed by atoms with Gasteiger partial charge in [0.2, 0.25) is 5.88 Å². The van der Waals surface area contributed by atoms with E-state index in [1.165, 1.54) is 0 Å². The van der Waals surface area contributed by atoms with Gasteiger partial charge < -0.3 is 18.8 Å². The molecule has 1 atom stereocenters. The molecule has 2 saturated heterocycles. The van der Waals surface area contributed by atoms with E-state index in [2.05, 4.69) is 33.8 Å². The molecule has 1 unspecified atom stereocenters. The van der Waals surface area contributed by atoms with E-state index in [0.717, 1.165) is 24.2 Å². The maximum atomic E-state index is 6.22. The Labute approximate surface area is 151 Å². The van der Waals surface area contributed by atoms with Gasteiger partial charge in [-0.25, -0.2) is 4.98 Å². The lowest BCUT2D eigenvalue weighted by molar-refractivity contribution is 0.00578. The Morgan fingerprint density at radius 3 is 2.28 bits per heavy atom. The van der Waals surface area contributed by atoms with Crippen molar-refractivity contribution in [2.75, 3.05) is 13.2 Å². The topological polar surface area (TPSA) is 49.8 Å². The highest BCUT2D eigenvalue weighted by atomic mass is 16.7.